The van der Waals surface area contributed by atoms with Crippen LogP contribution in [0.15, 0.2) is 47.4 Å². The number of hydrogen-bond donors (Lipinski definition) is 3. The molecule has 0 fully saturated rings. The van der Waals surface area contributed by atoms with Crippen molar-refractivity contribution in [1.82, 2.24) is 20.3 Å². The van der Waals surface area contributed by atoms with E-state index in [-0.39, 0.29) is 11.5 Å². The van der Waals surface area contributed by atoms with Gasteiger partial charge < -0.3 is 15.3 Å². The van der Waals surface area contributed by atoms with Crippen LogP contribution >= 0.6 is 0 Å². The number of hydrogen-bond acceptors (Lipinski definition) is 3. The lowest BCUT2D eigenvalue weighted by Gasteiger charge is -2.04. The zero-order valence-electron chi connectivity index (χ0n) is 11.2. The zero-order valence-corrected chi connectivity index (χ0v) is 11.2. The van der Waals surface area contributed by atoms with Crippen LogP contribution in [0.3, 0.4) is 0 Å². The topological polar surface area (TPSA) is 90.6 Å². The highest BCUT2D eigenvalue weighted by molar-refractivity contribution is 5.92. The normalized spacial score (nSPS) is 10.7. The van der Waals surface area contributed by atoms with Gasteiger partial charge in [0.05, 0.1) is 10.9 Å². The SMILES string of the molecule is O=C(NCCc1nc2ccccc2c(=O)[nH]1)c1ccc[nH]1. The predicted octanol–water partition coefficient (Wildman–Crippen LogP) is 1.22. The number of carbonyl (C=O) groups excluding carboxylic acids is 1. The minimum Gasteiger partial charge on any atom is -0.357 e. The summed E-state index contributed by atoms with van der Waals surface area (Å²) in [4.78, 5) is 33.6. The molecule has 0 unspecified atom stereocenters. The van der Waals surface area contributed by atoms with Crippen molar-refractivity contribution in [2.75, 3.05) is 6.54 Å². The summed E-state index contributed by atoms with van der Waals surface area (Å²) in [6.07, 6.45) is 2.16. The second-order valence-electron chi connectivity index (χ2n) is 4.62. The van der Waals surface area contributed by atoms with Crippen molar-refractivity contribution in [2.45, 2.75) is 6.42 Å². The summed E-state index contributed by atoms with van der Waals surface area (Å²) in [6.45, 7) is 0.402. The molecule has 21 heavy (non-hydrogen) atoms. The molecule has 1 amide bonds. The molecule has 0 radical (unpaired) electrons. The van der Waals surface area contributed by atoms with Gasteiger partial charge in [0.15, 0.2) is 0 Å². The molecule has 106 valence electrons. The second-order valence-corrected chi connectivity index (χ2v) is 4.62. The Kier molecular flexibility index (Phi) is 3.51. The number of carbonyl (C=O) groups is 1. The van der Waals surface area contributed by atoms with Gasteiger partial charge in [0.25, 0.3) is 11.5 Å². The standard InChI is InChI=1S/C15H14N4O2/c20-14-10-4-1-2-5-11(10)18-13(19-14)7-9-17-15(21)12-6-3-8-16-12/h1-6,8,16H,7,9H2,(H,17,21)(H,18,19,20). The van der Waals surface area contributed by atoms with Crippen LogP contribution in [-0.4, -0.2) is 27.4 Å². The number of nitrogens with one attached hydrogen (secondary N) is 3. The molecule has 0 aliphatic rings. The molecule has 0 aliphatic carbocycles. The molecule has 0 saturated heterocycles. The van der Waals surface area contributed by atoms with Crippen molar-refractivity contribution >= 4 is 16.8 Å². The monoisotopic (exact) mass is 282 g/mol. The van der Waals surface area contributed by atoms with Gasteiger partial charge in [0.1, 0.15) is 11.5 Å². The zero-order chi connectivity index (χ0) is 14.7. The Morgan fingerprint density at radius 2 is 2.05 bits per heavy atom. The van der Waals surface area contributed by atoms with E-state index in [0.29, 0.717) is 35.4 Å². The maximum Gasteiger partial charge on any atom is 0.267 e. The predicted molar refractivity (Wildman–Crippen MR) is 79.2 cm³/mol. The molecule has 0 bridgehead atoms. The summed E-state index contributed by atoms with van der Waals surface area (Å²) in [5.74, 6) is 0.383. The highest BCUT2D eigenvalue weighted by Crippen LogP contribution is 2.05. The summed E-state index contributed by atoms with van der Waals surface area (Å²) in [5.41, 5.74) is 1.01. The van der Waals surface area contributed by atoms with E-state index in [0.717, 1.165) is 0 Å². The largest absolute Gasteiger partial charge is 0.357 e. The first kappa shape index (κ1) is 13.1. The van der Waals surface area contributed by atoms with Gasteiger partial charge in [-0.15, -0.1) is 0 Å². The minimum atomic E-state index is -0.178. The van der Waals surface area contributed by atoms with Crippen LogP contribution < -0.4 is 10.9 Å². The Labute approximate surface area is 120 Å². The van der Waals surface area contributed by atoms with Crippen molar-refractivity contribution in [2.24, 2.45) is 0 Å². The highest BCUT2D eigenvalue weighted by Gasteiger charge is 2.06. The Bertz CT molecular complexity index is 821. The van der Waals surface area contributed by atoms with E-state index in [1.165, 1.54) is 0 Å². The van der Waals surface area contributed by atoms with Crippen molar-refractivity contribution in [3.8, 4) is 0 Å². The van der Waals surface area contributed by atoms with Crippen molar-refractivity contribution in [3.63, 3.8) is 0 Å². The van der Waals surface area contributed by atoms with Gasteiger partial charge in [-0.25, -0.2) is 4.98 Å². The quantitative estimate of drug-likeness (QED) is 0.672. The van der Waals surface area contributed by atoms with Crippen molar-refractivity contribution < 1.29 is 4.79 Å². The number of amides is 1. The maximum absolute atomic E-state index is 11.9. The lowest BCUT2D eigenvalue weighted by molar-refractivity contribution is 0.0949. The van der Waals surface area contributed by atoms with Gasteiger partial charge in [-0.2, -0.15) is 0 Å². The van der Waals surface area contributed by atoms with Gasteiger partial charge in [0.2, 0.25) is 0 Å². The van der Waals surface area contributed by atoms with Crippen LogP contribution in [0.25, 0.3) is 10.9 Å². The molecule has 0 aliphatic heterocycles. The molecule has 0 saturated carbocycles. The Morgan fingerprint density at radius 3 is 2.86 bits per heavy atom. The molecule has 2 heterocycles. The third-order valence-electron chi connectivity index (χ3n) is 3.15. The summed E-state index contributed by atoms with van der Waals surface area (Å²) in [5, 5.41) is 3.34. The Morgan fingerprint density at radius 1 is 1.19 bits per heavy atom. The van der Waals surface area contributed by atoms with E-state index in [1.54, 1.807) is 36.5 Å². The lowest BCUT2D eigenvalue weighted by atomic mass is 10.2. The van der Waals surface area contributed by atoms with Gasteiger partial charge >= 0.3 is 0 Å². The average molecular weight is 282 g/mol. The number of rotatable bonds is 4. The average Bonchev–Trinajstić information content (AvgIpc) is 3.01. The van der Waals surface area contributed by atoms with Gasteiger partial charge in [-0.05, 0) is 24.3 Å². The molecule has 3 aromatic rings. The molecule has 2 aromatic heterocycles. The van der Waals surface area contributed by atoms with Crippen molar-refractivity contribution in [1.29, 1.82) is 0 Å². The molecule has 0 atom stereocenters. The third kappa shape index (κ3) is 2.84. The number of benzene rings is 1. The molecule has 0 spiro atoms. The van der Waals surface area contributed by atoms with E-state index >= 15 is 0 Å². The molecule has 6 heteroatoms. The fourth-order valence-electron chi connectivity index (χ4n) is 2.11. The Hall–Kier alpha value is -2.89. The fourth-order valence-corrected chi connectivity index (χ4v) is 2.11. The summed E-state index contributed by atoms with van der Waals surface area (Å²) < 4.78 is 0. The van der Waals surface area contributed by atoms with Crippen molar-refractivity contribution in [3.05, 3.63) is 64.5 Å². The summed E-state index contributed by atoms with van der Waals surface area (Å²) >= 11 is 0. The molecule has 3 rings (SSSR count). The highest BCUT2D eigenvalue weighted by atomic mass is 16.2. The fraction of sp³-hybridized carbons (Fsp3) is 0.133. The van der Waals surface area contributed by atoms with Gasteiger partial charge in [0, 0.05) is 19.2 Å². The molecule has 3 N–H and O–H groups in total. The first-order chi connectivity index (χ1) is 10.2. The number of H-pyrrole nitrogens is 2. The van der Waals surface area contributed by atoms with Gasteiger partial charge in [-0.1, -0.05) is 12.1 Å². The number of fused-ring (bicyclic) bond motifs is 1. The van der Waals surface area contributed by atoms with Crippen LogP contribution in [0, 0.1) is 0 Å². The first-order valence-corrected chi connectivity index (χ1v) is 6.63. The van der Waals surface area contributed by atoms with E-state index in [1.807, 2.05) is 6.07 Å². The van der Waals surface area contributed by atoms with Crippen LogP contribution in [0.2, 0.25) is 0 Å². The van der Waals surface area contributed by atoms with Crippen LogP contribution in [-0.2, 0) is 6.42 Å². The summed E-state index contributed by atoms with van der Waals surface area (Å²) in [7, 11) is 0. The Balaban J connectivity index is 1.68. The van der Waals surface area contributed by atoms with E-state index in [9.17, 15) is 9.59 Å². The third-order valence-corrected chi connectivity index (χ3v) is 3.15. The lowest BCUT2D eigenvalue weighted by Crippen LogP contribution is -2.27. The number of aromatic amines is 2. The van der Waals surface area contributed by atoms with Crippen LogP contribution in [0.5, 0.6) is 0 Å². The minimum absolute atomic E-state index is 0.161. The van der Waals surface area contributed by atoms with Crippen LogP contribution in [0.4, 0.5) is 0 Å². The second kappa shape index (κ2) is 5.62. The number of para-hydroxylation sites is 1. The smallest absolute Gasteiger partial charge is 0.267 e. The number of nitrogens with zero attached hydrogens (tertiary/aromatic N) is 1. The maximum atomic E-state index is 11.9. The molecular formula is C15H14N4O2. The molecule has 6 nitrogen and oxygen atoms in total. The van der Waals surface area contributed by atoms with E-state index < -0.39 is 0 Å². The van der Waals surface area contributed by atoms with Crippen LogP contribution in [0.1, 0.15) is 16.3 Å². The molecular weight excluding hydrogens is 268 g/mol. The van der Waals surface area contributed by atoms with E-state index in [4.69, 9.17) is 0 Å². The summed E-state index contributed by atoms with van der Waals surface area (Å²) in [6, 6.07) is 10.6. The molecule has 1 aromatic carbocycles. The van der Waals surface area contributed by atoms with Gasteiger partial charge in [-0.3, -0.25) is 9.59 Å². The van der Waals surface area contributed by atoms with E-state index in [2.05, 4.69) is 20.3 Å². The number of aromatic nitrogens is 3. The first-order valence-electron chi connectivity index (χ1n) is 6.63.